The maximum absolute atomic E-state index is 8.81. The zero-order valence-electron chi connectivity index (χ0n) is 10.7. The predicted molar refractivity (Wildman–Crippen MR) is 72.0 cm³/mol. The van der Waals surface area contributed by atoms with Gasteiger partial charge in [0.2, 0.25) is 0 Å². The molecule has 0 aromatic carbocycles. The number of rotatable bonds is 4. The van der Waals surface area contributed by atoms with Crippen LogP contribution in [0.5, 0.6) is 0 Å². The fourth-order valence-electron chi connectivity index (χ4n) is 2.57. The molecule has 0 amide bonds. The lowest BCUT2D eigenvalue weighted by Crippen LogP contribution is -2.25. The molecule has 18 heavy (non-hydrogen) atoms. The average molecular weight is 248 g/mol. The number of anilines is 1. The van der Waals surface area contributed by atoms with Gasteiger partial charge in [-0.3, -0.25) is 0 Å². The summed E-state index contributed by atoms with van der Waals surface area (Å²) in [6.07, 6.45) is 5.41. The van der Waals surface area contributed by atoms with Crippen molar-refractivity contribution in [2.45, 2.75) is 26.2 Å². The molecule has 1 unspecified atom stereocenters. The molecule has 2 rings (SSSR count). The van der Waals surface area contributed by atoms with E-state index in [1.165, 1.54) is 19.3 Å². The SMILES string of the molecule is CCCC1CCN(c2ncccc2/C(N)=N/O)C1. The predicted octanol–water partition coefficient (Wildman–Crippen LogP) is 1.80. The van der Waals surface area contributed by atoms with Gasteiger partial charge < -0.3 is 15.8 Å². The van der Waals surface area contributed by atoms with Crippen LogP contribution in [-0.2, 0) is 0 Å². The number of hydrogen-bond acceptors (Lipinski definition) is 4. The fraction of sp³-hybridized carbons (Fsp3) is 0.538. The Kier molecular flexibility index (Phi) is 4.02. The van der Waals surface area contributed by atoms with Crippen molar-refractivity contribution in [2.75, 3.05) is 18.0 Å². The summed E-state index contributed by atoms with van der Waals surface area (Å²) < 4.78 is 0. The third-order valence-corrected chi connectivity index (χ3v) is 3.45. The summed E-state index contributed by atoms with van der Waals surface area (Å²) in [7, 11) is 0. The molecule has 1 atom stereocenters. The molecule has 0 saturated carbocycles. The Morgan fingerprint density at radius 2 is 2.50 bits per heavy atom. The summed E-state index contributed by atoms with van der Waals surface area (Å²) in [5.41, 5.74) is 6.40. The monoisotopic (exact) mass is 248 g/mol. The van der Waals surface area contributed by atoms with Gasteiger partial charge in [-0.2, -0.15) is 0 Å². The van der Waals surface area contributed by atoms with Gasteiger partial charge in [0.1, 0.15) is 5.82 Å². The molecule has 0 aliphatic carbocycles. The Balaban J connectivity index is 2.19. The van der Waals surface area contributed by atoms with Crippen molar-refractivity contribution in [3.05, 3.63) is 23.9 Å². The Morgan fingerprint density at radius 1 is 1.67 bits per heavy atom. The third kappa shape index (κ3) is 2.55. The second-order valence-electron chi connectivity index (χ2n) is 4.75. The maximum atomic E-state index is 8.81. The van der Waals surface area contributed by atoms with E-state index >= 15 is 0 Å². The van der Waals surface area contributed by atoms with E-state index in [2.05, 4.69) is 22.0 Å². The van der Waals surface area contributed by atoms with Gasteiger partial charge in [0.15, 0.2) is 5.84 Å². The van der Waals surface area contributed by atoms with Crippen molar-refractivity contribution in [1.82, 2.24) is 4.98 Å². The van der Waals surface area contributed by atoms with Crippen LogP contribution in [-0.4, -0.2) is 29.1 Å². The quantitative estimate of drug-likeness (QED) is 0.369. The molecule has 5 heteroatoms. The summed E-state index contributed by atoms with van der Waals surface area (Å²) in [5.74, 6) is 1.68. The van der Waals surface area contributed by atoms with E-state index in [1.807, 2.05) is 6.07 Å². The maximum Gasteiger partial charge on any atom is 0.173 e. The largest absolute Gasteiger partial charge is 0.409 e. The molecule has 0 radical (unpaired) electrons. The van der Waals surface area contributed by atoms with E-state index < -0.39 is 0 Å². The Morgan fingerprint density at radius 3 is 3.22 bits per heavy atom. The molecule has 3 N–H and O–H groups in total. The van der Waals surface area contributed by atoms with Crippen molar-refractivity contribution in [3.63, 3.8) is 0 Å². The molecule has 1 aliphatic heterocycles. The van der Waals surface area contributed by atoms with Gasteiger partial charge in [-0.15, -0.1) is 0 Å². The van der Waals surface area contributed by atoms with Gasteiger partial charge in [-0.05, 0) is 30.9 Å². The summed E-state index contributed by atoms with van der Waals surface area (Å²) in [4.78, 5) is 6.61. The molecule has 5 nitrogen and oxygen atoms in total. The first kappa shape index (κ1) is 12.7. The van der Waals surface area contributed by atoms with Gasteiger partial charge >= 0.3 is 0 Å². The first-order valence-electron chi connectivity index (χ1n) is 6.44. The van der Waals surface area contributed by atoms with Crippen LogP contribution in [0.15, 0.2) is 23.5 Å². The molecule has 98 valence electrons. The van der Waals surface area contributed by atoms with Crippen molar-refractivity contribution in [2.24, 2.45) is 16.8 Å². The Labute approximate surface area is 107 Å². The minimum absolute atomic E-state index is 0.122. The van der Waals surface area contributed by atoms with E-state index in [-0.39, 0.29) is 5.84 Å². The van der Waals surface area contributed by atoms with Crippen LogP contribution in [0, 0.1) is 5.92 Å². The Hall–Kier alpha value is -1.78. The molecule has 0 spiro atoms. The summed E-state index contributed by atoms with van der Waals surface area (Å²) in [5, 5.41) is 11.9. The number of hydrogen-bond donors (Lipinski definition) is 2. The first-order valence-corrected chi connectivity index (χ1v) is 6.44. The lowest BCUT2D eigenvalue weighted by molar-refractivity contribution is 0.318. The minimum atomic E-state index is 0.122. The zero-order chi connectivity index (χ0) is 13.0. The van der Waals surface area contributed by atoms with Crippen LogP contribution in [0.25, 0.3) is 0 Å². The number of oxime groups is 1. The average Bonchev–Trinajstić information content (AvgIpc) is 2.87. The van der Waals surface area contributed by atoms with Gasteiger partial charge in [-0.25, -0.2) is 4.98 Å². The van der Waals surface area contributed by atoms with Crippen LogP contribution in [0.3, 0.4) is 0 Å². The first-order chi connectivity index (χ1) is 8.76. The van der Waals surface area contributed by atoms with Gasteiger partial charge in [-0.1, -0.05) is 18.5 Å². The lowest BCUT2D eigenvalue weighted by Gasteiger charge is -2.20. The van der Waals surface area contributed by atoms with Crippen LogP contribution in [0.1, 0.15) is 31.7 Å². The second kappa shape index (κ2) is 5.71. The van der Waals surface area contributed by atoms with Crippen molar-refractivity contribution < 1.29 is 5.21 Å². The van der Waals surface area contributed by atoms with E-state index in [1.54, 1.807) is 12.3 Å². The second-order valence-corrected chi connectivity index (χ2v) is 4.75. The van der Waals surface area contributed by atoms with E-state index in [0.29, 0.717) is 5.56 Å². The van der Waals surface area contributed by atoms with Gasteiger partial charge in [0.25, 0.3) is 0 Å². The number of nitrogens with two attached hydrogens (primary N) is 1. The fourth-order valence-corrected chi connectivity index (χ4v) is 2.57. The van der Waals surface area contributed by atoms with Crippen LogP contribution in [0.2, 0.25) is 0 Å². The Bertz CT molecular complexity index is 433. The van der Waals surface area contributed by atoms with Gasteiger partial charge in [0.05, 0.1) is 5.56 Å². The summed E-state index contributed by atoms with van der Waals surface area (Å²) in [6.45, 7) is 4.22. The highest BCUT2D eigenvalue weighted by atomic mass is 16.4. The molecular formula is C13H20N4O. The number of amidine groups is 1. The number of pyridine rings is 1. The molecule has 1 fully saturated rings. The topological polar surface area (TPSA) is 74.7 Å². The summed E-state index contributed by atoms with van der Waals surface area (Å²) >= 11 is 0. The molecule has 1 aromatic heterocycles. The number of aromatic nitrogens is 1. The van der Waals surface area contributed by atoms with Crippen LogP contribution >= 0.6 is 0 Å². The molecule has 1 aliphatic rings. The normalized spacial score (nSPS) is 20.4. The molecule has 2 heterocycles. The van der Waals surface area contributed by atoms with Gasteiger partial charge in [0, 0.05) is 19.3 Å². The van der Waals surface area contributed by atoms with Crippen LogP contribution in [0.4, 0.5) is 5.82 Å². The zero-order valence-corrected chi connectivity index (χ0v) is 10.7. The highest BCUT2D eigenvalue weighted by Crippen LogP contribution is 2.27. The highest BCUT2D eigenvalue weighted by molar-refractivity contribution is 6.01. The lowest BCUT2D eigenvalue weighted by atomic mass is 10.0. The molecule has 0 bridgehead atoms. The van der Waals surface area contributed by atoms with E-state index in [4.69, 9.17) is 10.9 Å². The molecule has 1 saturated heterocycles. The molecular weight excluding hydrogens is 228 g/mol. The van der Waals surface area contributed by atoms with Crippen molar-refractivity contribution in [1.29, 1.82) is 0 Å². The highest BCUT2D eigenvalue weighted by Gasteiger charge is 2.25. The third-order valence-electron chi connectivity index (χ3n) is 3.45. The van der Waals surface area contributed by atoms with Crippen molar-refractivity contribution in [3.8, 4) is 0 Å². The number of nitrogens with zero attached hydrogens (tertiary/aromatic N) is 3. The van der Waals surface area contributed by atoms with Crippen LogP contribution < -0.4 is 10.6 Å². The smallest absolute Gasteiger partial charge is 0.173 e. The molecule has 1 aromatic rings. The van der Waals surface area contributed by atoms with E-state index in [0.717, 1.165) is 24.8 Å². The van der Waals surface area contributed by atoms with Crippen molar-refractivity contribution >= 4 is 11.7 Å². The minimum Gasteiger partial charge on any atom is -0.409 e. The van der Waals surface area contributed by atoms with E-state index in [9.17, 15) is 0 Å². The summed E-state index contributed by atoms with van der Waals surface area (Å²) in [6, 6.07) is 3.64. The standard InChI is InChI=1S/C13H20N4O/c1-2-4-10-6-8-17(9-10)13-11(12(14)16-18)5-3-7-15-13/h3,5,7,10,18H,2,4,6,8-9H2,1H3,(H2,14,16).